The molecule has 0 radical (unpaired) electrons. The van der Waals surface area contributed by atoms with E-state index in [0.717, 1.165) is 23.0 Å². The predicted octanol–water partition coefficient (Wildman–Crippen LogP) is 1.74. The Kier molecular flexibility index (Phi) is 4.74. The fourth-order valence-corrected chi connectivity index (χ4v) is 3.18. The van der Waals surface area contributed by atoms with Crippen molar-refractivity contribution in [2.24, 2.45) is 5.14 Å². The third-order valence-corrected chi connectivity index (χ3v) is 5.19. The Morgan fingerprint density at radius 2 is 1.82 bits per heavy atom. The number of rotatable bonds is 5. The molecule has 0 unspecified atom stereocenters. The molecule has 2 N–H and O–H groups in total. The van der Waals surface area contributed by atoms with Gasteiger partial charge < -0.3 is 4.74 Å². The molecular weight excluding hydrogens is 326 g/mol. The maximum atomic E-state index is 11.9. The second-order valence-corrected chi connectivity index (χ2v) is 7.26. The summed E-state index contributed by atoms with van der Waals surface area (Å²) in [5, 5.41) is 6.27. The van der Waals surface area contributed by atoms with Crippen LogP contribution in [0.5, 0.6) is 0 Å². The van der Waals surface area contributed by atoms with Gasteiger partial charge in [0.25, 0.3) is 0 Å². The monoisotopic (exact) mass is 339 g/mol. The SMILES string of the molecule is Cc1ccc(C(=O)COC(=O)c2csc(S(N)(=O)=O)c2)cc1. The smallest absolute Gasteiger partial charge is 0.339 e. The summed E-state index contributed by atoms with van der Waals surface area (Å²) < 4.78 is 27.0. The average Bonchev–Trinajstić information content (AvgIpc) is 2.95. The van der Waals surface area contributed by atoms with E-state index >= 15 is 0 Å². The molecule has 0 saturated carbocycles. The molecule has 8 heteroatoms. The highest BCUT2D eigenvalue weighted by molar-refractivity contribution is 7.91. The van der Waals surface area contributed by atoms with Crippen molar-refractivity contribution >= 4 is 33.1 Å². The summed E-state index contributed by atoms with van der Waals surface area (Å²) in [6.45, 7) is 1.48. The molecule has 2 aromatic rings. The molecule has 0 aliphatic rings. The molecule has 0 bridgehead atoms. The van der Waals surface area contributed by atoms with Crippen LogP contribution in [0.4, 0.5) is 0 Å². The third-order valence-electron chi connectivity index (χ3n) is 2.80. The zero-order chi connectivity index (χ0) is 16.3. The van der Waals surface area contributed by atoms with Gasteiger partial charge in [-0.25, -0.2) is 18.4 Å². The molecule has 1 heterocycles. The molecular formula is C14H13NO5S2. The standard InChI is InChI=1S/C14H13NO5S2/c1-9-2-4-10(5-3-9)12(16)7-20-14(17)11-6-13(21-8-11)22(15,18)19/h2-6,8H,7H2,1H3,(H2,15,18,19). The van der Waals surface area contributed by atoms with Crippen molar-refractivity contribution in [1.29, 1.82) is 0 Å². The van der Waals surface area contributed by atoms with E-state index in [1.54, 1.807) is 24.3 Å². The summed E-state index contributed by atoms with van der Waals surface area (Å²) in [5.74, 6) is -1.11. The Morgan fingerprint density at radius 1 is 1.18 bits per heavy atom. The van der Waals surface area contributed by atoms with E-state index in [9.17, 15) is 18.0 Å². The lowest BCUT2D eigenvalue weighted by Gasteiger charge is -2.03. The Morgan fingerprint density at radius 3 is 2.36 bits per heavy atom. The van der Waals surface area contributed by atoms with E-state index in [0.29, 0.717) is 5.56 Å². The molecule has 0 amide bonds. The van der Waals surface area contributed by atoms with Crippen LogP contribution in [0.3, 0.4) is 0 Å². The first-order chi connectivity index (χ1) is 10.3. The van der Waals surface area contributed by atoms with E-state index in [2.05, 4.69) is 0 Å². The van der Waals surface area contributed by atoms with Gasteiger partial charge in [0.1, 0.15) is 4.21 Å². The van der Waals surface area contributed by atoms with E-state index in [4.69, 9.17) is 9.88 Å². The lowest BCUT2D eigenvalue weighted by Crippen LogP contribution is -2.14. The molecule has 1 aromatic carbocycles. The van der Waals surface area contributed by atoms with E-state index < -0.39 is 22.6 Å². The summed E-state index contributed by atoms with van der Waals surface area (Å²) in [6.07, 6.45) is 0. The number of carbonyl (C=O) groups is 2. The van der Waals surface area contributed by atoms with Crippen LogP contribution >= 0.6 is 11.3 Å². The van der Waals surface area contributed by atoms with Crippen molar-refractivity contribution in [3.8, 4) is 0 Å². The number of hydrogen-bond acceptors (Lipinski definition) is 6. The topological polar surface area (TPSA) is 104 Å². The van der Waals surface area contributed by atoms with Crippen LogP contribution in [-0.2, 0) is 14.8 Å². The van der Waals surface area contributed by atoms with Crippen molar-refractivity contribution < 1.29 is 22.7 Å². The molecule has 0 aliphatic carbocycles. The lowest BCUT2D eigenvalue weighted by atomic mass is 10.1. The maximum absolute atomic E-state index is 11.9. The predicted molar refractivity (Wildman–Crippen MR) is 81.5 cm³/mol. The fraction of sp³-hybridized carbons (Fsp3) is 0.143. The zero-order valence-electron chi connectivity index (χ0n) is 11.6. The number of thiophene rings is 1. The number of aryl methyl sites for hydroxylation is 1. The Balaban J connectivity index is 1.99. The summed E-state index contributed by atoms with van der Waals surface area (Å²) in [7, 11) is -3.85. The lowest BCUT2D eigenvalue weighted by molar-refractivity contribution is 0.0475. The number of nitrogens with two attached hydrogens (primary N) is 1. The highest BCUT2D eigenvalue weighted by Gasteiger charge is 2.17. The number of esters is 1. The van der Waals surface area contributed by atoms with Crippen LogP contribution in [0.1, 0.15) is 26.3 Å². The number of carbonyl (C=O) groups excluding carboxylic acids is 2. The summed E-state index contributed by atoms with van der Waals surface area (Å²) >= 11 is 0.818. The van der Waals surface area contributed by atoms with Gasteiger partial charge in [-0.1, -0.05) is 29.8 Å². The zero-order valence-corrected chi connectivity index (χ0v) is 13.2. The van der Waals surface area contributed by atoms with E-state index in [-0.39, 0.29) is 15.6 Å². The number of ether oxygens (including phenoxy) is 1. The fourth-order valence-electron chi connectivity index (χ4n) is 1.61. The Bertz CT molecular complexity index is 806. The van der Waals surface area contributed by atoms with Gasteiger partial charge in [-0.05, 0) is 13.0 Å². The van der Waals surface area contributed by atoms with E-state index in [1.807, 2.05) is 6.92 Å². The molecule has 22 heavy (non-hydrogen) atoms. The van der Waals surface area contributed by atoms with Gasteiger partial charge in [-0.15, -0.1) is 11.3 Å². The quantitative estimate of drug-likeness (QED) is 0.660. The molecule has 6 nitrogen and oxygen atoms in total. The van der Waals surface area contributed by atoms with Gasteiger partial charge in [-0.2, -0.15) is 0 Å². The second kappa shape index (κ2) is 6.39. The van der Waals surface area contributed by atoms with Crippen molar-refractivity contribution in [3.63, 3.8) is 0 Å². The van der Waals surface area contributed by atoms with Gasteiger partial charge in [-0.3, -0.25) is 4.79 Å². The first-order valence-electron chi connectivity index (χ1n) is 6.15. The number of benzene rings is 1. The molecule has 2 rings (SSSR count). The van der Waals surface area contributed by atoms with Crippen molar-refractivity contribution in [2.75, 3.05) is 6.61 Å². The Labute approximate surface area is 131 Å². The number of hydrogen-bond donors (Lipinski definition) is 1. The molecule has 0 spiro atoms. The van der Waals surface area contributed by atoms with E-state index in [1.165, 1.54) is 5.38 Å². The van der Waals surface area contributed by atoms with Gasteiger partial charge in [0.15, 0.2) is 12.4 Å². The number of Topliss-reactive ketones (excluding diaryl/α,β-unsaturated/α-hetero) is 1. The minimum atomic E-state index is -3.85. The highest BCUT2D eigenvalue weighted by atomic mass is 32.2. The first-order valence-corrected chi connectivity index (χ1v) is 8.58. The molecule has 0 fully saturated rings. The summed E-state index contributed by atoms with van der Waals surface area (Å²) in [5.41, 5.74) is 1.50. The third kappa shape index (κ3) is 4.00. The molecule has 1 aromatic heterocycles. The van der Waals surface area contributed by atoms with Crippen LogP contribution in [0.2, 0.25) is 0 Å². The normalized spacial score (nSPS) is 11.2. The molecule has 0 atom stereocenters. The minimum absolute atomic E-state index is 0.0470. The second-order valence-electron chi connectivity index (χ2n) is 4.56. The maximum Gasteiger partial charge on any atom is 0.339 e. The van der Waals surface area contributed by atoms with Crippen LogP contribution in [-0.4, -0.2) is 26.8 Å². The van der Waals surface area contributed by atoms with Gasteiger partial charge in [0.05, 0.1) is 5.56 Å². The largest absolute Gasteiger partial charge is 0.454 e. The minimum Gasteiger partial charge on any atom is -0.454 e. The number of sulfonamides is 1. The molecule has 0 saturated heterocycles. The van der Waals surface area contributed by atoms with Gasteiger partial charge in [0.2, 0.25) is 10.0 Å². The number of ketones is 1. The number of primary sulfonamides is 1. The Hall–Kier alpha value is -2.03. The molecule has 116 valence electrons. The van der Waals surface area contributed by atoms with Crippen LogP contribution in [0.25, 0.3) is 0 Å². The summed E-state index contributed by atoms with van der Waals surface area (Å²) in [6, 6.07) is 7.99. The average molecular weight is 339 g/mol. The highest BCUT2D eigenvalue weighted by Crippen LogP contribution is 2.19. The molecule has 0 aliphatic heterocycles. The first kappa shape index (κ1) is 16.3. The van der Waals surface area contributed by atoms with Crippen LogP contribution in [0.15, 0.2) is 39.9 Å². The van der Waals surface area contributed by atoms with Crippen LogP contribution in [0, 0.1) is 6.92 Å². The van der Waals surface area contributed by atoms with Crippen molar-refractivity contribution in [2.45, 2.75) is 11.1 Å². The van der Waals surface area contributed by atoms with Crippen LogP contribution < -0.4 is 5.14 Å². The van der Waals surface area contributed by atoms with Crippen molar-refractivity contribution in [1.82, 2.24) is 0 Å². The van der Waals surface area contributed by atoms with Gasteiger partial charge >= 0.3 is 5.97 Å². The van der Waals surface area contributed by atoms with Gasteiger partial charge in [0, 0.05) is 10.9 Å². The summed E-state index contributed by atoms with van der Waals surface area (Å²) in [4.78, 5) is 23.6. The van der Waals surface area contributed by atoms with Crippen molar-refractivity contribution in [3.05, 3.63) is 52.4 Å².